The van der Waals surface area contributed by atoms with Gasteiger partial charge in [-0.25, -0.2) is 0 Å². The van der Waals surface area contributed by atoms with Gasteiger partial charge in [-0.1, -0.05) is 17.7 Å². The zero-order valence-corrected chi connectivity index (χ0v) is 16.9. The minimum atomic E-state index is -0.107. The third kappa shape index (κ3) is 3.87. The van der Waals surface area contributed by atoms with E-state index in [-0.39, 0.29) is 5.56 Å². The highest BCUT2D eigenvalue weighted by atomic mass is 35.5. The fourth-order valence-corrected chi connectivity index (χ4v) is 3.85. The fourth-order valence-electron chi connectivity index (χ4n) is 3.46. The van der Waals surface area contributed by atoms with Crippen LogP contribution in [0.4, 0.5) is 0 Å². The highest BCUT2D eigenvalue weighted by molar-refractivity contribution is 7.71. The lowest BCUT2D eigenvalue weighted by atomic mass is 10.1. The summed E-state index contributed by atoms with van der Waals surface area (Å²) in [5, 5.41) is 0.637. The van der Waals surface area contributed by atoms with Gasteiger partial charge < -0.3 is 9.72 Å². The number of hydrogen-bond acceptors (Lipinski definition) is 5. The molecule has 0 bridgehead atoms. The van der Waals surface area contributed by atoms with Crippen molar-refractivity contribution >= 4 is 23.8 Å². The zero-order valence-electron chi connectivity index (χ0n) is 15.3. The molecule has 0 aliphatic carbocycles. The summed E-state index contributed by atoms with van der Waals surface area (Å²) < 4.78 is 5.79. The number of halogens is 1. The van der Waals surface area contributed by atoms with Gasteiger partial charge in [-0.2, -0.15) is 0 Å². The summed E-state index contributed by atoms with van der Waals surface area (Å²) in [6.45, 7) is 2.15. The molecule has 1 aliphatic heterocycles. The van der Waals surface area contributed by atoms with Crippen molar-refractivity contribution in [1.82, 2.24) is 19.9 Å². The van der Waals surface area contributed by atoms with Crippen molar-refractivity contribution in [2.24, 2.45) is 0 Å². The van der Waals surface area contributed by atoms with Crippen molar-refractivity contribution in [3.63, 3.8) is 0 Å². The first-order chi connectivity index (χ1) is 13.5. The monoisotopic (exact) mass is 414 g/mol. The summed E-state index contributed by atoms with van der Waals surface area (Å²) in [4.78, 5) is 24.7. The number of nitrogens with zero attached hydrogens (tertiary/aromatic N) is 2. The molecule has 0 radical (unpaired) electrons. The summed E-state index contributed by atoms with van der Waals surface area (Å²) >= 11 is 11.2. The van der Waals surface area contributed by atoms with Gasteiger partial charge in [0.2, 0.25) is 0 Å². The quantitative estimate of drug-likeness (QED) is 0.636. The van der Waals surface area contributed by atoms with Crippen molar-refractivity contribution < 1.29 is 4.74 Å². The zero-order chi connectivity index (χ0) is 19.7. The van der Waals surface area contributed by atoms with Crippen LogP contribution in [0, 0.1) is 4.77 Å². The molecule has 3 aromatic rings. The molecule has 4 rings (SSSR count). The van der Waals surface area contributed by atoms with Gasteiger partial charge in [0.05, 0.1) is 18.4 Å². The molecule has 0 amide bonds. The van der Waals surface area contributed by atoms with Crippen LogP contribution < -0.4 is 10.3 Å². The lowest BCUT2D eigenvalue weighted by Crippen LogP contribution is -2.35. The van der Waals surface area contributed by atoms with E-state index in [4.69, 9.17) is 28.6 Å². The average molecular weight is 415 g/mol. The molecule has 0 atom stereocenters. The molecule has 1 aliphatic rings. The number of pyridine rings is 1. The molecular formula is C20H19ClN4O2S. The molecule has 2 N–H and O–H groups in total. The van der Waals surface area contributed by atoms with E-state index in [1.54, 1.807) is 13.2 Å². The standard InChI is InChI=1S/C20H19ClN4O2S/c1-27-18-5-3-13(21)8-14(18)16-4-2-12(9-22-16)10-25-7-6-17-15(11-25)19(26)24-20(28)23-17/h2-5,8-9H,6-7,10-11H2,1H3,(H2,23,24,26,28). The van der Waals surface area contributed by atoms with E-state index in [0.29, 0.717) is 22.9 Å². The largest absolute Gasteiger partial charge is 0.496 e. The van der Waals surface area contributed by atoms with Crippen LogP contribution in [0.15, 0.2) is 41.3 Å². The van der Waals surface area contributed by atoms with Crippen LogP contribution in [0.5, 0.6) is 5.75 Å². The summed E-state index contributed by atoms with van der Waals surface area (Å²) in [7, 11) is 1.63. The second-order valence-corrected chi connectivity index (χ2v) is 7.57. The Balaban J connectivity index is 1.52. The molecule has 0 saturated carbocycles. The van der Waals surface area contributed by atoms with E-state index in [0.717, 1.165) is 46.8 Å². The molecular weight excluding hydrogens is 396 g/mol. The smallest absolute Gasteiger partial charge is 0.256 e. The van der Waals surface area contributed by atoms with Crippen LogP contribution in [0.2, 0.25) is 5.02 Å². The normalized spacial score (nSPS) is 13.9. The Morgan fingerprint density at radius 2 is 2.14 bits per heavy atom. The van der Waals surface area contributed by atoms with Crippen LogP contribution in [-0.4, -0.2) is 33.5 Å². The predicted molar refractivity (Wildman–Crippen MR) is 111 cm³/mol. The highest BCUT2D eigenvalue weighted by Crippen LogP contribution is 2.31. The first-order valence-electron chi connectivity index (χ1n) is 8.89. The molecule has 0 fully saturated rings. The van der Waals surface area contributed by atoms with Gasteiger partial charge >= 0.3 is 0 Å². The predicted octanol–water partition coefficient (Wildman–Crippen LogP) is 3.71. The molecule has 0 saturated heterocycles. The van der Waals surface area contributed by atoms with Crippen LogP contribution in [-0.2, 0) is 19.5 Å². The molecule has 3 heterocycles. The third-order valence-electron chi connectivity index (χ3n) is 4.86. The SMILES string of the molecule is COc1ccc(Cl)cc1-c1ccc(CN2CCc3[nH]c(=S)[nH]c(=O)c3C2)cn1. The van der Waals surface area contributed by atoms with Crippen molar-refractivity contribution in [3.05, 3.63) is 73.5 Å². The number of H-pyrrole nitrogens is 2. The van der Waals surface area contributed by atoms with Crippen LogP contribution in [0.25, 0.3) is 11.3 Å². The van der Waals surface area contributed by atoms with Crippen LogP contribution >= 0.6 is 23.8 Å². The Morgan fingerprint density at radius 3 is 2.89 bits per heavy atom. The average Bonchev–Trinajstić information content (AvgIpc) is 2.69. The minimum Gasteiger partial charge on any atom is -0.496 e. The van der Waals surface area contributed by atoms with Crippen molar-refractivity contribution in [2.45, 2.75) is 19.5 Å². The Bertz CT molecular complexity index is 1120. The van der Waals surface area contributed by atoms with Crippen LogP contribution in [0.3, 0.4) is 0 Å². The number of aromatic nitrogens is 3. The molecule has 1 aromatic carbocycles. The Morgan fingerprint density at radius 1 is 1.29 bits per heavy atom. The van der Waals surface area contributed by atoms with Gasteiger partial charge in [0.25, 0.3) is 5.56 Å². The Kier molecular flexibility index (Phi) is 5.30. The topological polar surface area (TPSA) is 74.0 Å². The molecule has 2 aromatic heterocycles. The number of aromatic amines is 2. The molecule has 144 valence electrons. The van der Waals surface area contributed by atoms with Gasteiger partial charge in [0.1, 0.15) is 5.75 Å². The van der Waals surface area contributed by atoms with Crippen molar-refractivity contribution in [1.29, 1.82) is 0 Å². The summed E-state index contributed by atoms with van der Waals surface area (Å²) in [5.74, 6) is 0.730. The maximum atomic E-state index is 12.2. The maximum Gasteiger partial charge on any atom is 0.256 e. The number of hydrogen-bond donors (Lipinski definition) is 2. The summed E-state index contributed by atoms with van der Waals surface area (Å²) in [6, 6.07) is 9.48. The fraction of sp³-hybridized carbons (Fsp3) is 0.250. The van der Waals surface area contributed by atoms with Gasteiger partial charge in [0, 0.05) is 48.5 Å². The first kappa shape index (κ1) is 18.9. The van der Waals surface area contributed by atoms with E-state index in [1.807, 2.05) is 30.5 Å². The van der Waals surface area contributed by atoms with E-state index < -0.39 is 0 Å². The summed E-state index contributed by atoms with van der Waals surface area (Å²) in [6.07, 6.45) is 2.63. The van der Waals surface area contributed by atoms with Gasteiger partial charge in [0.15, 0.2) is 4.77 Å². The first-order valence-corrected chi connectivity index (χ1v) is 9.67. The van der Waals surface area contributed by atoms with E-state index in [9.17, 15) is 4.79 Å². The molecule has 8 heteroatoms. The minimum absolute atomic E-state index is 0.107. The third-order valence-corrected chi connectivity index (χ3v) is 5.30. The van der Waals surface area contributed by atoms with Gasteiger partial charge in [-0.05, 0) is 42.0 Å². The number of rotatable bonds is 4. The molecule has 28 heavy (non-hydrogen) atoms. The van der Waals surface area contributed by atoms with Crippen molar-refractivity contribution in [3.8, 4) is 17.0 Å². The Hall–Kier alpha value is -2.48. The van der Waals surface area contributed by atoms with E-state index in [1.165, 1.54) is 0 Å². The number of nitrogens with one attached hydrogen (secondary N) is 2. The lowest BCUT2D eigenvalue weighted by molar-refractivity contribution is 0.241. The molecule has 0 unspecified atom stereocenters. The maximum absolute atomic E-state index is 12.2. The molecule has 0 spiro atoms. The molecule has 6 nitrogen and oxygen atoms in total. The number of ether oxygens (including phenoxy) is 1. The highest BCUT2D eigenvalue weighted by Gasteiger charge is 2.20. The Labute approximate surface area is 172 Å². The van der Waals surface area contributed by atoms with Gasteiger partial charge in [-0.3, -0.25) is 19.7 Å². The van der Waals surface area contributed by atoms with E-state index in [2.05, 4.69) is 19.9 Å². The lowest BCUT2D eigenvalue weighted by Gasteiger charge is -2.27. The number of methoxy groups -OCH3 is 1. The summed E-state index contributed by atoms with van der Waals surface area (Å²) in [5.41, 5.74) is 4.32. The van der Waals surface area contributed by atoms with Crippen molar-refractivity contribution in [2.75, 3.05) is 13.7 Å². The second-order valence-electron chi connectivity index (χ2n) is 6.72. The van der Waals surface area contributed by atoms with Gasteiger partial charge in [-0.15, -0.1) is 0 Å². The van der Waals surface area contributed by atoms with E-state index >= 15 is 0 Å². The number of fused-ring (bicyclic) bond motifs is 1. The second kappa shape index (κ2) is 7.87. The number of benzene rings is 1. The van der Waals surface area contributed by atoms with Crippen LogP contribution in [0.1, 0.15) is 16.8 Å².